The summed E-state index contributed by atoms with van der Waals surface area (Å²) in [5.74, 6) is 0. The fourth-order valence-corrected chi connectivity index (χ4v) is 2.84. The Kier molecular flexibility index (Phi) is 4.40. The monoisotopic (exact) mass is 319 g/mol. The molecular weight excluding hydrogens is 300 g/mol. The zero-order valence-corrected chi connectivity index (χ0v) is 13.7. The van der Waals surface area contributed by atoms with Crippen LogP contribution in [0.5, 0.6) is 0 Å². The molecule has 0 saturated heterocycles. The molecule has 1 N–H and O–H groups in total. The second kappa shape index (κ2) is 6.64. The summed E-state index contributed by atoms with van der Waals surface area (Å²) in [6, 6.07) is 13.2. The number of non-ortho nitro benzene ring substituents is 1. The summed E-state index contributed by atoms with van der Waals surface area (Å²) in [4.78, 5) is 12.0. The average Bonchev–Trinajstić information content (AvgIpc) is 2.88. The highest BCUT2D eigenvalue weighted by Gasteiger charge is 2.24. The maximum Gasteiger partial charge on any atom is 0.270 e. The lowest BCUT2D eigenvalue weighted by molar-refractivity contribution is -0.801. The van der Waals surface area contributed by atoms with Crippen LogP contribution in [0.25, 0.3) is 16.7 Å². The van der Waals surface area contributed by atoms with Gasteiger partial charge in [0.15, 0.2) is 0 Å². The van der Waals surface area contributed by atoms with Crippen LogP contribution in [0.2, 0.25) is 0 Å². The third-order valence-electron chi connectivity index (χ3n) is 3.93. The number of fused-ring (bicyclic) bond motifs is 3. The van der Waals surface area contributed by atoms with Crippen molar-refractivity contribution in [2.75, 3.05) is 14.1 Å². The topological polar surface area (TPSA) is 47.6 Å². The fourth-order valence-electron chi connectivity index (χ4n) is 2.84. The summed E-state index contributed by atoms with van der Waals surface area (Å²) >= 11 is 0. The van der Waals surface area contributed by atoms with E-state index in [0.717, 1.165) is 27.8 Å². The van der Waals surface area contributed by atoms with Crippen LogP contribution < -0.4 is 4.90 Å². The number of quaternary nitrogens is 1. The van der Waals surface area contributed by atoms with Gasteiger partial charge in [0, 0.05) is 12.1 Å². The smallest absolute Gasteiger partial charge is 0.270 e. The Morgan fingerprint density at radius 2 is 1.62 bits per heavy atom. The van der Waals surface area contributed by atoms with Gasteiger partial charge in [0.05, 0.1) is 25.2 Å². The molecule has 3 rings (SSSR count). The van der Waals surface area contributed by atoms with E-state index in [1.165, 1.54) is 4.90 Å². The standard InChI is InChI=1S/C20H18N2O2/c1-21(2)13-7-3-4-8-18-16-9-5-6-10-17(16)19-12-11-15(22(23)24)14-20(18)19/h3-14H,1-2H3/p+1/b4-3+,13-7+,18-8+. The summed E-state index contributed by atoms with van der Waals surface area (Å²) in [6.07, 6.45) is 9.99. The van der Waals surface area contributed by atoms with Gasteiger partial charge in [-0.15, -0.1) is 0 Å². The van der Waals surface area contributed by atoms with E-state index in [1.807, 2.05) is 62.8 Å². The van der Waals surface area contributed by atoms with E-state index >= 15 is 0 Å². The summed E-state index contributed by atoms with van der Waals surface area (Å²) < 4.78 is 0. The van der Waals surface area contributed by atoms with Crippen LogP contribution >= 0.6 is 0 Å². The molecule has 0 radical (unpaired) electrons. The Bertz CT molecular complexity index is 877. The van der Waals surface area contributed by atoms with Gasteiger partial charge >= 0.3 is 0 Å². The van der Waals surface area contributed by atoms with Crippen LogP contribution in [0.1, 0.15) is 11.1 Å². The van der Waals surface area contributed by atoms with Crippen molar-refractivity contribution in [2.45, 2.75) is 0 Å². The van der Waals surface area contributed by atoms with Gasteiger partial charge in [0.1, 0.15) is 0 Å². The highest BCUT2D eigenvalue weighted by Crippen LogP contribution is 2.45. The molecule has 0 fully saturated rings. The summed E-state index contributed by atoms with van der Waals surface area (Å²) in [5, 5.41) is 11.1. The highest BCUT2D eigenvalue weighted by atomic mass is 16.6. The Balaban J connectivity index is 2.06. The van der Waals surface area contributed by atoms with E-state index in [0.29, 0.717) is 0 Å². The SMILES string of the molecule is C[NH+](C)/C=C/C=C/C=C1\c2ccccc2-c2ccc([N+](=O)[O-])cc21. The highest BCUT2D eigenvalue weighted by molar-refractivity contribution is 6.02. The van der Waals surface area contributed by atoms with Gasteiger partial charge in [-0.1, -0.05) is 42.5 Å². The Labute approximate surface area is 141 Å². The Morgan fingerprint density at radius 3 is 2.33 bits per heavy atom. The van der Waals surface area contributed by atoms with Gasteiger partial charge in [-0.2, -0.15) is 0 Å². The molecule has 2 aromatic carbocycles. The molecule has 0 saturated carbocycles. The number of allylic oxidation sites excluding steroid dienone is 4. The van der Waals surface area contributed by atoms with Gasteiger partial charge < -0.3 is 4.90 Å². The molecule has 4 heteroatoms. The number of nitrogens with one attached hydrogen (secondary N) is 1. The van der Waals surface area contributed by atoms with E-state index in [9.17, 15) is 10.1 Å². The van der Waals surface area contributed by atoms with Crippen LogP contribution in [-0.2, 0) is 0 Å². The molecule has 0 bridgehead atoms. The molecule has 1 aliphatic carbocycles. The number of hydrogen-bond acceptors (Lipinski definition) is 2. The van der Waals surface area contributed by atoms with Gasteiger partial charge in [0.25, 0.3) is 5.69 Å². The Morgan fingerprint density at radius 1 is 0.917 bits per heavy atom. The lowest BCUT2D eigenvalue weighted by Gasteiger charge is -2.01. The number of benzene rings is 2. The molecule has 24 heavy (non-hydrogen) atoms. The number of nitrogens with zero attached hydrogens (tertiary/aromatic N) is 1. The van der Waals surface area contributed by atoms with E-state index in [-0.39, 0.29) is 10.6 Å². The Hall–Kier alpha value is -2.98. The zero-order valence-electron chi connectivity index (χ0n) is 13.7. The number of rotatable bonds is 4. The molecule has 1 aliphatic rings. The van der Waals surface area contributed by atoms with Crippen molar-refractivity contribution in [2.24, 2.45) is 0 Å². The number of nitro benzene ring substituents is 1. The minimum absolute atomic E-state index is 0.118. The molecule has 4 nitrogen and oxygen atoms in total. The third kappa shape index (κ3) is 3.05. The van der Waals surface area contributed by atoms with Crippen molar-refractivity contribution < 1.29 is 9.82 Å². The molecule has 2 aromatic rings. The quantitative estimate of drug-likeness (QED) is 0.456. The number of hydrogen-bond donors (Lipinski definition) is 1. The first kappa shape index (κ1) is 15.9. The molecule has 0 aliphatic heterocycles. The second-order valence-corrected chi connectivity index (χ2v) is 5.93. The minimum atomic E-state index is -0.348. The second-order valence-electron chi connectivity index (χ2n) is 5.93. The fraction of sp³-hybridized carbons (Fsp3) is 0.100. The van der Waals surface area contributed by atoms with Crippen molar-refractivity contribution in [3.8, 4) is 11.1 Å². The van der Waals surface area contributed by atoms with Crippen LogP contribution in [0.3, 0.4) is 0 Å². The lowest BCUT2D eigenvalue weighted by atomic mass is 10.0. The molecule has 0 amide bonds. The predicted molar refractivity (Wildman–Crippen MR) is 96.7 cm³/mol. The van der Waals surface area contributed by atoms with Crippen LogP contribution in [0, 0.1) is 10.1 Å². The molecule has 0 aromatic heterocycles. The minimum Gasteiger partial charge on any atom is -0.314 e. The van der Waals surface area contributed by atoms with Gasteiger partial charge in [-0.3, -0.25) is 10.1 Å². The number of nitro groups is 1. The van der Waals surface area contributed by atoms with Gasteiger partial charge in [0.2, 0.25) is 0 Å². The van der Waals surface area contributed by atoms with Crippen molar-refractivity contribution in [3.63, 3.8) is 0 Å². The summed E-state index contributed by atoms with van der Waals surface area (Å²) in [6.45, 7) is 0. The van der Waals surface area contributed by atoms with Crippen molar-refractivity contribution in [1.29, 1.82) is 0 Å². The molecule has 0 atom stereocenters. The molecular formula is C20H19N2O2+. The van der Waals surface area contributed by atoms with E-state index in [1.54, 1.807) is 12.1 Å². The first-order chi connectivity index (χ1) is 11.6. The first-order valence-corrected chi connectivity index (χ1v) is 7.81. The normalized spacial score (nSPS) is 14.7. The zero-order chi connectivity index (χ0) is 17.1. The van der Waals surface area contributed by atoms with Crippen LogP contribution in [0.4, 0.5) is 5.69 Å². The van der Waals surface area contributed by atoms with Crippen LogP contribution in [-0.4, -0.2) is 19.0 Å². The van der Waals surface area contributed by atoms with E-state index < -0.39 is 0 Å². The first-order valence-electron chi connectivity index (χ1n) is 7.81. The predicted octanol–water partition coefficient (Wildman–Crippen LogP) is 3.22. The molecule has 0 spiro atoms. The van der Waals surface area contributed by atoms with Crippen molar-refractivity contribution in [1.82, 2.24) is 0 Å². The van der Waals surface area contributed by atoms with E-state index in [4.69, 9.17) is 0 Å². The van der Waals surface area contributed by atoms with Crippen molar-refractivity contribution >= 4 is 11.3 Å². The summed E-state index contributed by atoms with van der Waals surface area (Å²) in [7, 11) is 4.09. The average molecular weight is 319 g/mol. The lowest BCUT2D eigenvalue weighted by Crippen LogP contribution is -3.00. The summed E-state index contributed by atoms with van der Waals surface area (Å²) in [5.41, 5.74) is 5.33. The van der Waals surface area contributed by atoms with Gasteiger partial charge in [-0.25, -0.2) is 0 Å². The van der Waals surface area contributed by atoms with Crippen LogP contribution in [0.15, 0.2) is 73.0 Å². The molecule has 120 valence electrons. The maximum absolute atomic E-state index is 11.1. The van der Waals surface area contributed by atoms with Crippen molar-refractivity contribution in [3.05, 3.63) is 94.2 Å². The largest absolute Gasteiger partial charge is 0.314 e. The van der Waals surface area contributed by atoms with Gasteiger partial charge in [-0.05, 0) is 40.0 Å². The third-order valence-corrected chi connectivity index (χ3v) is 3.93. The van der Waals surface area contributed by atoms with E-state index in [2.05, 4.69) is 12.1 Å². The maximum atomic E-state index is 11.1. The molecule has 0 unspecified atom stereocenters. The molecule has 0 heterocycles.